The Morgan fingerprint density at radius 3 is 1.46 bits per heavy atom. The number of aliphatic hydroxyl groups is 2. The zero-order valence-electron chi connectivity index (χ0n) is 40.7. The molecule has 0 bridgehead atoms. The first-order chi connectivity index (χ1) is 31.0. The smallest absolute Gasteiger partial charge is 0.306 e. The van der Waals surface area contributed by atoms with E-state index in [0.29, 0.717) is 19.3 Å². The molecule has 0 aliphatic carbocycles. The van der Waals surface area contributed by atoms with Crippen LogP contribution in [0.15, 0.2) is 109 Å². The molecule has 0 heterocycles. The van der Waals surface area contributed by atoms with Crippen molar-refractivity contribution >= 4 is 11.9 Å². The molecule has 0 aromatic carbocycles. The van der Waals surface area contributed by atoms with Gasteiger partial charge in [0.25, 0.3) is 0 Å². The van der Waals surface area contributed by atoms with E-state index in [2.05, 4.69) is 86.8 Å². The van der Waals surface area contributed by atoms with Gasteiger partial charge in [-0.3, -0.25) is 9.59 Å². The minimum atomic E-state index is -0.822. The molecule has 0 aliphatic heterocycles. The van der Waals surface area contributed by atoms with Crippen molar-refractivity contribution in [3.63, 3.8) is 0 Å². The second-order valence-corrected chi connectivity index (χ2v) is 17.0. The third kappa shape index (κ3) is 44.9. The average Bonchev–Trinajstić information content (AvgIpc) is 3.28. The van der Waals surface area contributed by atoms with E-state index in [1.807, 2.05) is 48.6 Å². The average molecular weight is 874 g/mol. The molecule has 0 aliphatic rings. The van der Waals surface area contributed by atoms with Gasteiger partial charge in [-0.15, -0.1) is 0 Å². The number of nitrogens with one attached hydrogen (secondary N) is 1. The van der Waals surface area contributed by atoms with Crippen LogP contribution in [0, 0.1) is 0 Å². The van der Waals surface area contributed by atoms with Crippen molar-refractivity contribution in [3.05, 3.63) is 109 Å². The van der Waals surface area contributed by atoms with Gasteiger partial charge in [0.2, 0.25) is 5.91 Å². The maximum Gasteiger partial charge on any atom is 0.306 e. The second-order valence-electron chi connectivity index (χ2n) is 17.0. The molecule has 0 fully saturated rings. The highest BCUT2D eigenvalue weighted by Gasteiger charge is 2.24. The van der Waals surface area contributed by atoms with Crippen LogP contribution in [0.4, 0.5) is 0 Å². The van der Waals surface area contributed by atoms with Gasteiger partial charge in [0.05, 0.1) is 25.2 Å². The molecular weight excluding hydrogens is 779 g/mol. The normalized spacial score (nSPS) is 14.2. The third-order valence-corrected chi connectivity index (χ3v) is 11.0. The van der Waals surface area contributed by atoms with Crippen LogP contribution < -0.4 is 5.32 Å². The summed E-state index contributed by atoms with van der Waals surface area (Å²) in [6, 6.07) is -0.742. The molecule has 3 N–H and O–H groups in total. The summed E-state index contributed by atoms with van der Waals surface area (Å²) in [6.07, 6.45) is 67.2. The van der Waals surface area contributed by atoms with Crippen LogP contribution in [-0.4, -0.2) is 46.9 Å². The number of carbonyl (C=O) groups excluding carboxylic acids is 2. The maximum atomic E-state index is 13.2. The highest BCUT2D eigenvalue weighted by Crippen LogP contribution is 2.16. The van der Waals surface area contributed by atoms with Crippen LogP contribution in [0.3, 0.4) is 0 Å². The summed E-state index contributed by atoms with van der Waals surface area (Å²) in [5.41, 5.74) is 0. The van der Waals surface area contributed by atoms with E-state index in [1.165, 1.54) is 96.3 Å². The SMILES string of the molecule is CC/C=C/C=C/C=C\C=C/C=C/CCCC(CC(=O)NC(CO)C(O)CCCCCCCCCCCCCCCC)OC(=O)CCC/C=C\C/C=C\C/C=C\C/C=C\CCCCC. The second kappa shape index (κ2) is 49.5. The van der Waals surface area contributed by atoms with Crippen LogP contribution in [0.2, 0.25) is 0 Å². The number of hydrogen-bond acceptors (Lipinski definition) is 5. The zero-order valence-corrected chi connectivity index (χ0v) is 40.7. The lowest BCUT2D eigenvalue weighted by atomic mass is 10.0. The van der Waals surface area contributed by atoms with Gasteiger partial charge < -0.3 is 20.3 Å². The van der Waals surface area contributed by atoms with Gasteiger partial charge in [-0.2, -0.15) is 0 Å². The molecule has 3 atom stereocenters. The zero-order chi connectivity index (χ0) is 45.9. The minimum Gasteiger partial charge on any atom is -0.462 e. The summed E-state index contributed by atoms with van der Waals surface area (Å²) < 4.78 is 5.86. The van der Waals surface area contributed by atoms with E-state index < -0.39 is 18.2 Å². The third-order valence-electron chi connectivity index (χ3n) is 11.0. The molecule has 6 heteroatoms. The number of aliphatic hydroxyl groups excluding tert-OH is 2. The molecule has 0 rings (SSSR count). The van der Waals surface area contributed by atoms with Crippen LogP contribution in [0.25, 0.3) is 0 Å². The summed E-state index contributed by atoms with van der Waals surface area (Å²) in [5, 5.41) is 23.7. The Hall–Kier alpha value is -3.48. The first-order valence-corrected chi connectivity index (χ1v) is 25.7. The van der Waals surface area contributed by atoms with Crippen molar-refractivity contribution in [2.45, 2.75) is 232 Å². The Balaban J connectivity index is 4.77. The molecule has 0 saturated heterocycles. The highest BCUT2D eigenvalue weighted by atomic mass is 16.5. The molecule has 63 heavy (non-hydrogen) atoms. The summed E-state index contributed by atoms with van der Waals surface area (Å²) in [6.45, 7) is 6.27. The van der Waals surface area contributed by atoms with Crippen LogP contribution in [-0.2, 0) is 14.3 Å². The number of amides is 1. The molecule has 0 aromatic rings. The molecule has 0 radical (unpaired) electrons. The van der Waals surface area contributed by atoms with Gasteiger partial charge in [-0.05, 0) is 77.0 Å². The lowest BCUT2D eigenvalue weighted by Gasteiger charge is -2.24. The summed E-state index contributed by atoms with van der Waals surface area (Å²) in [7, 11) is 0. The number of hydrogen-bond donors (Lipinski definition) is 3. The number of rotatable bonds is 44. The highest BCUT2D eigenvalue weighted by molar-refractivity contribution is 5.77. The van der Waals surface area contributed by atoms with Crippen LogP contribution in [0.5, 0.6) is 0 Å². The molecule has 0 aromatic heterocycles. The van der Waals surface area contributed by atoms with Crippen molar-refractivity contribution in [1.29, 1.82) is 0 Å². The number of unbranched alkanes of at least 4 members (excludes halogenated alkanes) is 18. The first-order valence-electron chi connectivity index (χ1n) is 25.7. The Morgan fingerprint density at radius 2 is 0.937 bits per heavy atom. The fourth-order valence-corrected chi connectivity index (χ4v) is 7.10. The Bertz CT molecular complexity index is 1300. The standard InChI is InChI=1S/C57H95NO5/c1-4-7-10-13-16-19-22-25-27-28-29-32-35-38-41-44-47-50-57(62)63-53(48-45-42-39-36-33-30-24-21-18-15-12-9-6-3)51-56(61)58-54(52-59)55(60)49-46-43-40-37-34-31-26-23-20-17-14-11-8-5-2/h9,12,15-16,18-19,21,24-25,27,29-30,32-33,36,38-39,41,53-55,59-60H,4-8,10-11,13-14,17,20,22-23,26,28,31,34-35,37,40,42-52H2,1-3H3,(H,58,61)/b12-9+,18-15+,19-16-,24-21-,27-25-,32-29-,33-30-,39-36+,41-38-. The lowest BCUT2D eigenvalue weighted by Crippen LogP contribution is -2.46. The number of carbonyl (C=O) groups is 2. The van der Waals surface area contributed by atoms with Gasteiger partial charge in [-0.1, -0.05) is 233 Å². The van der Waals surface area contributed by atoms with Gasteiger partial charge in [0, 0.05) is 6.42 Å². The summed E-state index contributed by atoms with van der Waals surface area (Å²) in [5.74, 6) is -0.623. The van der Waals surface area contributed by atoms with E-state index >= 15 is 0 Å². The van der Waals surface area contributed by atoms with E-state index in [9.17, 15) is 19.8 Å². The molecule has 3 unspecified atom stereocenters. The van der Waals surface area contributed by atoms with Crippen molar-refractivity contribution in [3.8, 4) is 0 Å². The summed E-state index contributed by atoms with van der Waals surface area (Å²) >= 11 is 0. The molecule has 0 saturated carbocycles. The fourth-order valence-electron chi connectivity index (χ4n) is 7.10. The lowest BCUT2D eigenvalue weighted by molar-refractivity contribution is -0.151. The predicted molar refractivity (Wildman–Crippen MR) is 273 cm³/mol. The van der Waals surface area contributed by atoms with Crippen LogP contribution >= 0.6 is 0 Å². The molecule has 358 valence electrons. The fraction of sp³-hybridized carbons (Fsp3) is 0.649. The minimum absolute atomic E-state index is 0.000362. The van der Waals surface area contributed by atoms with Crippen molar-refractivity contribution in [2.75, 3.05) is 6.61 Å². The monoisotopic (exact) mass is 874 g/mol. The topological polar surface area (TPSA) is 95.9 Å². The van der Waals surface area contributed by atoms with Crippen molar-refractivity contribution in [1.82, 2.24) is 5.32 Å². The Morgan fingerprint density at radius 1 is 0.492 bits per heavy atom. The summed E-state index contributed by atoms with van der Waals surface area (Å²) in [4.78, 5) is 26.1. The largest absolute Gasteiger partial charge is 0.462 e. The van der Waals surface area contributed by atoms with E-state index in [1.54, 1.807) is 0 Å². The Labute approximate surface area is 388 Å². The van der Waals surface area contributed by atoms with Crippen molar-refractivity contribution in [2.24, 2.45) is 0 Å². The predicted octanol–water partition coefficient (Wildman–Crippen LogP) is 15.5. The molecule has 6 nitrogen and oxygen atoms in total. The van der Waals surface area contributed by atoms with Crippen molar-refractivity contribution < 1.29 is 24.5 Å². The van der Waals surface area contributed by atoms with Gasteiger partial charge >= 0.3 is 5.97 Å². The number of esters is 1. The molecule has 0 spiro atoms. The van der Waals surface area contributed by atoms with Gasteiger partial charge in [-0.25, -0.2) is 0 Å². The van der Waals surface area contributed by atoms with E-state index in [4.69, 9.17) is 4.74 Å². The Kier molecular flexibility index (Phi) is 46.8. The molecule has 1 amide bonds. The van der Waals surface area contributed by atoms with E-state index in [-0.39, 0.29) is 31.3 Å². The molecular formula is C57H95NO5. The van der Waals surface area contributed by atoms with Gasteiger partial charge in [0.1, 0.15) is 6.10 Å². The maximum absolute atomic E-state index is 13.2. The number of allylic oxidation sites excluding steroid dienone is 18. The first kappa shape index (κ1) is 59.5. The number of ether oxygens (including phenoxy) is 1. The van der Waals surface area contributed by atoms with E-state index in [0.717, 1.165) is 64.2 Å². The van der Waals surface area contributed by atoms with Gasteiger partial charge in [0.15, 0.2) is 0 Å². The quantitative estimate of drug-likeness (QED) is 0.0245. The van der Waals surface area contributed by atoms with Crippen LogP contribution in [0.1, 0.15) is 213 Å².